The van der Waals surface area contributed by atoms with Gasteiger partial charge in [-0.3, -0.25) is 4.79 Å². The SMILES string of the molecule is CC(C)C(=O)C(CN)c1ccc(Cl)cc1. The van der Waals surface area contributed by atoms with Crippen molar-refractivity contribution < 1.29 is 4.79 Å². The van der Waals surface area contributed by atoms with Crippen LogP contribution >= 0.6 is 11.6 Å². The third kappa shape index (κ3) is 3.05. The van der Waals surface area contributed by atoms with Gasteiger partial charge in [-0.15, -0.1) is 0 Å². The number of nitrogens with two attached hydrogens (primary N) is 1. The second-order valence-electron chi connectivity index (χ2n) is 3.90. The zero-order valence-electron chi connectivity index (χ0n) is 9.03. The number of hydrogen-bond acceptors (Lipinski definition) is 2. The second kappa shape index (κ2) is 5.29. The molecule has 0 aliphatic carbocycles. The minimum Gasteiger partial charge on any atom is -0.329 e. The summed E-state index contributed by atoms with van der Waals surface area (Å²) in [5, 5.41) is 0.673. The third-order valence-electron chi connectivity index (χ3n) is 2.42. The van der Waals surface area contributed by atoms with Crippen molar-refractivity contribution in [2.24, 2.45) is 11.7 Å². The van der Waals surface area contributed by atoms with Crippen molar-refractivity contribution in [1.82, 2.24) is 0 Å². The van der Waals surface area contributed by atoms with E-state index in [-0.39, 0.29) is 17.6 Å². The molecule has 0 aliphatic rings. The molecule has 0 spiro atoms. The Hall–Kier alpha value is -0.860. The van der Waals surface area contributed by atoms with E-state index in [0.717, 1.165) is 5.56 Å². The van der Waals surface area contributed by atoms with E-state index in [4.69, 9.17) is 17.3 Å². The molecule has 0 saturated carbocycles. The van der Waals surface area contributed by atoms with Gasteiger partial charge >= 0.3 is 0 Å². The summed E-state index contributed by atoms with van der Waals surface area (Å²) in [6.07, 6.45) is 0. The van der Waals surface area contributed by atoms with Gasteiger partial charge in [0.15, 0.2) is 0 Å². The Morgan fingerprint density at radius 1 is 1.33 bits per heavy atom. The van der Waals surface area contributed by atoms with Crippen molar-refractivity contribution in [3.63, 3.8) is 0 Å². The van der Waals surface area contributed by atoms with Gasteiger partial charge in [0.2, 0.25) is 0 Å². The maximum absolute atomic E-state index is 11.8. The number of Topliss-reactive ketones (excluding diaryl/α,β-unsaturated/α-hetero) is 1. The molecule has 0 aromatic heterocycles. The highest BCUT2D eigenvalue weighted by molar-refractivity contribution is 6.30. The molecule has 1 atom stereocenters. The van der Waals surface area contributed by atoms with E-state index >= 15 is 0 Å². The van der Waals surface area contributed by atoms with E-state index in [1.807, 2.05) is 26.0 Å². The molecule has 3 heteroatoms. The van der Waals surface area contributed by atoms with Crippen LogP contribution in [0.25, 0.3) is 0 Å². The van der Waals surface area contributed by atoms with Gasteiger partial charge in [-0.05, 0) is 17.7 Å². The van der Waals surface area contributed by atoms with E-state index < -0.39 is 0 Å². The molecule has 0 aliphatic heterocycles. The summed E-state index contributed by atoms with van der Waals surface area (Å²) in [6, 6.07) is 7.29. The standard InChI is InChI=1S/C12H16ClNO/c1-8(2)12(15)11(7-14)9-3-5-10(13)6-4-9/h3-6,8,11H,7,14H2,1-2H3. The number of hydrogen-bond donors (Lipinski definition) is 1. The normalized spacial score (nSPS) is 12.9. The van der Waals surface area contributed by atoms with Gasteiger partial charge in [-0.2, -0.15) is 0 Å². The van der Waals surface area contributed by atoms with E-state index in [0.29, 0.717) is 11.6 Å². The average Bonchev–Trinajstić information content (AvgIpc) is 2.21. The molecule has 1 unspecified atom stereocenters. The van der Waals surface area contributed by atoms with E-state index in [1.54, 1.807) is 12.1 Å². The van der Waals surface area contributed by atoms with Gasteiger partial charge in [0, 0.05) is 17.5 Å². The molecule has 1 aromatic rings. The molecule has 0 saturated heterocycles. The van der Waals surface area contributed by atoms with Crippen molar-refractivity contribution in [3.05, 3.63) is 34.9 Å². The first-order valence-electron chi connectivity index (χ1n) is 5.05. The summed E-state index contributed by atoms with van der Waals surface area (Å²) in [4.78, 5) is 11.8. The van der Waals surface area contributed by atoms with Crippen LogP contribution in [0.5, 0.6) is 0 Å². The molecule has 0 radical (unpaired) electrons. The number of carbonyl (C=O) groups is 1. The quantitative estimate of drug-likeness (QED) is 0.856. The van der Waals surface area contributed by atoms with E-state index in [1.165, 1.54) is 0 Å². The first-order valence-corrected chi connectivity index (χ1v) is 5.43. The zero-order chi connectivity index (χ0) is 11.4. The van der Waals surface area contributed by atoms with Crippen molar-refractivity contribution >= 4 is 17.4 Å². The summed E-state index contributed by atoms with van der Waals surface area (Å²) >= 11 is 5.79. The summed E-state index contributed by atoms with van der Waals surface area (Å²) in [5.41, 5.74) is 6.57. The first-order chi connectivity index (χ1) is 7.06. The van der Waals surface area contributed by atoms with Gasteiger partial charge < -0.3 is 5.73 Å². The minimum atomic E-state index is -0.206. The molecule has 1 aromatic carbocycles. The van der Waals surface area contributed by atoms with Crippen LogP contribution in [0.3, 0.4) is 0 Å². The molecule has 0 heterocycles. The number of halogens is 1. The molecule has 82 valence electrons. The van der Waals surface area contributed by atoms with Crippen molar-refractivity contribution in [3.8, 4) is 0 Å². The lowest BCUT2D eigenvalue weighted by Crippen LogP contribution is -2.25. The van der Waals surface area contributed by atoms with Crippen molar-refractivity contribution in [2.45, 2.75) is 19.8 Å². The van der Waals surface area contributed by atoms with Crippen LogP contribution in [0, 0.1) is 5.92 Å². The number of carbonyl (C=O) groups excluding carboxylic acids is 1. The number of benzene rings is 1. The van der Waals surface area contributed by atoms with Crippen LogP contribution in [0.1, 0.15) is 25.3 Å². The highest BCUT2D eigenvalue weighted by atomic mass is 35.5. The van der Waals surface area contributed by atoms with Gasteiger partial charge in [-0.25, -0.2) is 0 Å². The van der Waals surface area contributed by atoms with Crippen molar-refractivity contribution in [2.75, 3.05) is 6.54 Å². The Balaban J connectivity index is 2.92. The summed E-state index contributed by atoms with van der Waals surface area (Å²) in [6.45, 7) is 4.13. The second-order valence-corrected chi connectivity index (χ2v) is 4.33. The Morgan fingerprint density at radius 2 is 1.87 bits per heavy atom. The Labute approximate surface area is 95.4 Å². The molecule has 2 nitrogen and oxygen atoms in total. The largest absolute Gasteiger partial charge is 0.329 e. The number of ketones is 1. The van der Waals surface area contributed by atoms with Crippen LogP contribution in [0.15, 0.2) is 24.3 Å². The van der Waals surface area contributed by atoms with Crippen molar-refractivity contribution in [1.29, 1.82) is 0 Å². The van der Waals surface area contributed by atoms with E-state index in [2.05, 4.69) is 0 Å². The van der Waals surface area contributed by atoms with Crippen LogP contribution < -0.4 is 5.73 Å². The molecule has 1 rings (SSSR count). The topological polar surface area (TPSA) is 43.1 Å². The van der Waals surface area contributed by atoms with Gasteiger partial charge in [0.05, 0.1) is 5.92 Å². The first kappa shape index (κ1) is 12.2. The maximum Gasteiger partial charge on any atom is 0.144 e. The van der Waals surface area contributed by atoms with Gasteiger partial charge in [0.1, 0.15) is 5.78 Å². The van der Waals surface area contributed by atoms with Gasteiger partial charge in [0.25, 0.3) is 0 Å². The molecule has 0 fully saturated rings. The van der Waals surface area contributed by atoms with Crippen LogP contribution in [-0.4, -0.2) is 12.3 Å². The molecular weight excluding hydrogens is 210 g/mol. The van der Waals surface area contributed by atoms with Crippen LogP contribution in [0.4, 0.5) is 0 Å². The summed E-state index contributed by atoms with van der Waals surface area (Å²) in [7, 11) is 0. The Kier molecular flexibility index (Phi) is 4.30. The average molecular weight is 226 g/mol. The zero-order valence-corrected chi connectivity index (χ0v) is 9.79. The monoisotopic (exact) mass is 225 g/mol. The predicted octanol–water partition coefficient (Wildman–Crippen LogP) is 2.61. The van der Waals surface area contributed by atoms with Crippen LogP contribution in [0.2, 0.25) is 5.02 Å². The molecule has 15 heavy (non-hydrogen) atoms. The Bertz CT molecular complexity index is 332. The molecule has 2 N–H and O–H groups in total. The smallest absolute Gasteiger partial charge is 0.144 e. The number of rotatable bonds is 4. The fraction of sp³-hybridized carbons (Fsp3) is 0.417. The van der Waals surface area contributed by atoms with E-state index in [9.17, 15) is 4.79 Å². The third-order valence-corrected chi connectivity index (χ3v) is 2.67. The minimum absolute atomic E-state index is 0.00854. The summed E-state index contributed by atoms with van der Waals surface area (Å²) < 4.78 is 0. The summed E-state index contributed by atoms with van der Waals surface area (Å²) in [5.74, 6) is -0.0173. The van der Waals surface area contributed by atoms with Crippen LogP contribution in [-0.2, 0) is 4.79 Å². The highest BCUT2D eigenvalue weighted by Crippen LogP contribution is 2.21. The lowest BCUT2D eigenvalue weighted by molar-refractivity contribution is -0.123. The fourth-order valence-electron chi connectivity index (χ4n) is 1.51. The fourth-order valence-corrected chi connectivity index (χ4v) is 1.64. The molecular formula is C12H16ClNO. The maximum atomic E-state index is 11.8. The lowest BCUT2D eigenvalue weighted by Gasteiger charge is -2.16. The molecule has 0 amide bonds. The highest BCUT2D eigenvalue weighted by Gasteiger charge is 2.21. The lowest BCUT2D eigenvalue weighted by atomic mass is 9.89. The molecule has 0 bridgehead atoms. The Morgan fingerprint density at radius 3 is 2.27 bits per heavy atom. The predicted molar refractivity (Wildman–Crippen MR) is 63.1 cm³/mol. The van der Waals surface area contributed by atoms with Gasteiger partial charge in [-0.1, -0.05) is 37.6 Å².